The smallest absolute Gasteiger partial charge is 0.226 e. The normalized spacial score (nSPS) is 16.8. The van der Waals surface area contributed by atoms with E-state index in [0.29, 0.717) is 6.42 Å². The highest BCUT2D eigenvalue weighted by Gasteiger charge is 2.31. The quantitative estimate of drug-likeness (QED) is 0.784. The molecule has 0 unspecified atom stereocenters. The molecule has 0 bridgehead atoms. The summed E-state index contributed by atoms with van der Waals surface area (Å²) in [4.78, 5) is 12.4. The third-order valence-corrected chi connectivity index (χ3v) is 4.85. The Balaban J connectivity index is 1.92. The van der Waals surface area contributed by atoms with Crippen molar-refractivity contribution >= 4 is 22.5 Å². The van der Waals surface area contributed by atoms with Gasteiger partial charge in [0, 0.05) is 29.3 Å². The third-order valence-electron chi connectivity index (χ3n) is 4.85. The number of aromatic nitrogens is 2. The lowest BCUT2D eigenvalue weighted by Crippen LogP contribution is -2.25. The van der Waals surface area contributed by atoms with E-state index in [-0.39, 0.29) is 17.9 Å². The van der Waals surface area contributed by atoms with Crippen molar-refractivity contribution in [2.45, 2.75) is 32.2 Å². The highest BCUT2D eigenvalue weighted by Crippen LogP contribution is 2.42. The molecule has 128 valence electrons. The van der Waals surface area contributed by atoms with Gasteiger partial charge < -0.3 is 10.1 Å². The SMILES string of the molecule is COc1ccc([C@H]2CC(=O)Nc3c2cnn3C(C)C)c2ccccc12. The van der Waals surface area contributed by atoms with Crippen LogP contribution in [0.15, 0.2) is 42.6 Å². The van der Waals surface area contributed by atoms with Crippen LogP contribution in [0.3, 0.4) is 0 Å². The summed E-state index contributed by atoms with van der Waals surface area (Å²) in [6.07, 6.45) is 2.31. The average molecular weight is 335 g/mol. The number of hydrogen-bond donors (Lipinski definition) is 1. The van der Waals surface area contributed by atoms with Crippen molar-refractivity contribution in [1.82, 2.24) is 9.78 Å². The van der Waals surface area contributed by atoms with E-state index in [2.05, 4.69) is 42.5 Å². The van der Waals surface area contributed by atoms with E-state index in [1.165, 1.54) is 0 Å². The van der Waals surface area contributed by atoms with Gasteiger partial charge in [-0.15, -0.1) is 0 Å². The number of anilines is 1. The summed E-state index contributed by atoms with van der Waals surface area (Å²) in [7, 11) is 1.68. The highest BCUT2D eigenvalue weighted by molar-refractivity contribution is 5.97. The summed E-state index contributed by atoms with van der Waals surface area (Å²) in [5, 5.41) is 9.67. The molecule has 4 rings (SSSR count). The number of carbonyl (C=O) groups excluding carboxylic acids is 1. The van der Waals surface area contributed by atoms with Crippen molar-refractivity contribution in [3.8, 4) is 5.75 Å². The molecule has 0 saturated carbocycles. The molecule has 1 atom stereocenters. The van der Waals surface area contributed by atoms with Crippen LogP contribution < -0.4 is 10.1 Å². The Hall–Kier alpha value is -2.82. The van der Waals surface area contributed by atoms with E-state index in [0.717, 1.165) is 33.5 Å². The van der Waals surface area contributed by atoms with Crippen LogP contribution in [0.2, 0.25) is 0 Å². The molecule has 1 aliphatic rings. The molecule has 3 aromatic rings. The number of fused-ring (bicyclic) bond motifs is 2. The first-order valence-electron chi connectivity index (χ1n) is 8.53. The van der Waals surface area contributed by atoms with Gasteiger partial charge in [0.2, 0.25) is 5.91 Å². The lowest BCUT2D eigenvalue weighted by Gasteiger charge is -2.26. The molecule has 0 spiro atoms. The molecule has 0 aliphatic carbocycles. The van der Waals surface area contributed by atoms with Gasteiger partial charge in [-0.05, 0) is 30.9 Å². The fourth-order valence-corrected chi connectivity index (χ4v) is 3.68. The van der Waals surface area contributed by atoms with Crippen molar-refractivity contribution in [3.05, 3.63) is 53.7 Å². The van der Waals surface area contributed by atoms with Crippen LogP contribution in [-0.4, -0.2) is 22.8 Å². The van der Waals surface area contributed by atoms with E-state index < -0.39 is 0 Å². The predicted octanol–water partition coefficient (Wildman–Crippen LogP) is 4.10. The molecule has 1 amide bonds. The minimum atomic E-state index is -0.00736. The van der Waals surface area contributed by atoms with E-state index in [9.17, 15) is 4.79 Å². The zero-order valence-corrected chi connectivity index (χ0v) is 14.6. The van der Waals surface area contributed by atoms with Gasteiger partial charge in [0.15, 0.2) is 0 Å². The second-order valence-corrected chi connectivity index (χ2v) is 6.69. The monoisotopic (exact) mass is 335 g/mol. The number of ether oxygens (including phenoxy) is 1. The van der Waals surface area contributed by atoms with Crippen molar-refractivity contribution < 1.29 is 9.53 Å². The fourth-order valence-electron chi connectivity index (χ4n) is 3.68. The van der Waals surface area contributed by atoms with Crippen molar-refractivity contribution in [2.75, 3.05) is 12.4 Å². The fraction of sp³-hybridized carbons (Fsp3) is 0.300. The number of methoxy groups -OCH3 is 1. The maximum Gasteiger partial charge on any atom is 0.226 e. The molecule has 1 N–H and O–H groups in total. The highest BCUT2D eigenvalue weighted by atomic mass is 16.5. The van der Waals surface area contributed by atoms with Gasteiger partial charge in [0.05, 0.1) is 13.3 Å². The minimum absolute atomic E-state index is 0.00736. The van der Waals surface area contributed by atoms with Gasteiger partial charge in [-0.1, -0.05) is 30.3 Å². The molecule has 1 aliphatic heterocycles. The van der Waals surface area contributed by atoms with Crippen LogP contribution >= 0.6 is 0 Å². The molecule has 2 heterocycles. The van der Waals surface area contributed by atoms with Crippen LogP contribution in [0.5, 0.6) is 5.75 Å². The van der Waals surface area contributed by atoms with E-state index >= 15 is 0 Å². The lowest BCUT2D eigenvalue weighted by molar-refractivity contribution is -0.116. The summed E-state index contributed by atoms with van der Waals surface area (Å²) in [6.45, 7) is 4.12. The van der Waals surface area contributed by atoms with Crippen LogP contribution in [-0.2, 0) is 4.79 Å². The number of hydrogen-bond acceptors (Lipinski definition) is 3. The number of nitrogens with zero attached hydrogens (tertiary/aromatic N) is 2. The first kappa shape index (κ1) is 15.7. The average Bonchev–Trinajstić information content (AvgIpc) is 3.04. The molecule has 2 aromatic carbocycles. The van der Waals surface area contributed by atoms with Gasteiger partial charge >= 0.3 is 0 Å². The van der Waals surface area contributed by atoms with Crippen molar-refractivity contribution in [2.24, 2.45) is 0 Å². The first-order valence-corrected chi connectivity index (χ1v) is 8.53. The largest absolute Gasteiger partial charge is 0.496 e. The molecule has 1 aromatic heterocycles. The Bertz CT molecular complexity index is 959. The summed E-state index contributed by atoms with van der Waals surface area (Å²) in [6, 6.07) is 12.4. The Kier molecular flexibility index (Phi) is 3.71. The van der Waals surface area contributed by atoms with Crippen LogP contribution in [0.1, 0.15) is 43.4 Å². The summed E-state index contributed by atoms with van der Waals surface area (Å²) in [5.41, 5.74) is 2.21. The van der Waals surface area contributed by atoms with Crippen LogP contribution in [0.25, 0.3) is 10.8 Å². The van der Waals surface area contributed by atoms with Crippen molar-refractivity contribution in [3.63, 3.8) is 0 Å². The minimum Gasteiger partial charge on any atom is -0.496 e. The standard InChI is InChI=1S/C20H21N3O2/c1-12(2)23-20-17(11-21-23)16(10-19(24)22-20)14-8-9-18(25-3)15-7-5-4-6-13(14)15/h4-9,11-12,16H,10H2,1-3H3,(H,22,24)/t16-/m1/s1. The zero-order valence-electron chi connectivity index (χ0n) is 14.6. The maximum atomic E-state index is 12.4. The molecular weight excluding hydrogens is 314 g/mol. The number of amides is 1. The zero-order chi connectivity index (χ0) is 17.6. The third kappa shape index (κ3) is 2.47. The lowest BCUT2D eigenvalue weighted by atomic mass is 9.84. The van der Waals surface area contributed by atoms with Gasteiger partial charge in [-0.2, -0.15) is 5.10 Å². The molecule has 0 radical (unpaired) electrons. The van der Waals surface area contributed by atoms with E-state index in [1.807, 2.05) is 29.1 Å². The van der Waals surface area contributed by atoms with Crippen molar-refractivity contribution in [1.29, 1.82) is 0 Å². The molecular formula is C20H21N3O2. The van der Waals surface area contributed by atoms with Gasteiger partial charge in [0.1, 0.15) is 11.6 Å². The Labute approximate surface area is 146 Å². The number of rotatable bonds is 3. The van der Waals surface area contributed by atoms with E-state index in [1.54, 1.807) is 7.11 Å². The Morgan fingerprint density at radius 3 is 2.64 bits per heavy atom. The summed E-state index contributed by atoms with van der Waals surface area (Å²) >= 11 is 0. The molecule has 5 heteroatoms. The van der Waals surface area contributed by atoms with Gasteiger partial charge in [-0.3, -0.25) is 4.79 Å². The number of carbonyl (C=O) groups is 1. The second kappa shape index (κ2) is 5.92. The van der Waals surface area contributed by atoms with E-state index in [4.69, 9.17) is 4.74 Å². The molecule has 0 fully saturated rings. The maximum absolute atomic E-state index is 12.4. The summed E-state index contributed by atoms with van der Waals surface area (Å²) in [5.74, 6) is 1.68. The number of nitrogens with one attached hydrogen (secondary N) is 1. The Morgan fingerprint density at radius 2 is 1.92 bits per heavy atom. The molecule has 5 nitrogen and oxygen atoms in total. The second-order valence-electron chi connectivity index (χ2n) is 6.69. The molecule has 0 saturated heterocycles. The predicted molar refractivity (Wildman–Crippen MR) is 98.2 cm³/mol. The van der Waals surface area contributed by atoms with Crippen LogP contribution in [0, 0.1) is 0 Å². The Morgan fingerprint density at radius 1 is 1.16 bits per heavy atom. The van der Waals surface area contributed by atoms with Gasteiger partial charge in [0.25, 0.3) is 0 Å². The first-order chi connectivity index (χ1) is 12.1. The topological polar surface area (TPSA) is 56.1 Å². The summed E-state index contributed by atoms with van der Waals surface area (Å²) < 4.78 is 7.38. The van der Waals surface area contributed by atoms with Crippen LogP contribution in [0.4, 0.5) is 5.82 Å². The number of benzene rings is 2. The van der Waals surface area contributed by atoms with Gasteiger partial charge in [-0.25, -0.2) is 4.68 Å². The molecule has 25 heavy (non-hydrogen) atoms.